The van der Waals surface area contributed by atoms with Gasteiger partial charge in [0.15, 0.2) is 0 Å². The van der Waals surface area contributed by atoms with E-state index in [2.05, 4.69) is 23.1 Å². The summed E-state index contributed by atoms with van der Waals surface area (Å²) in [4.78, 5) is 2.58. The van der Waals surface area contributed by atoms with Gasteiger partial charge >= 0.3 is 0 Å². The van der Waals surface area contributed by atoms with Crippen LogP contribution in [0.2, 0.25) is 0 Å². The highest BCUT2D eigenvalue weighted by Crippen LogP contribution is 2.42. The average molecular weight is 256 g/mol. The minimum absolute atomic E-state index is 0.252. The molecule has 19 heavy (non-hydrogen) atoms. The first-order valence-electron chi connectivity index (χ1n) is 7.29. The Morgan fingerprint density at radius 3 is 2.89 bits per heavy atom. The summed E-state index contributed by atoms with van der Waals surface area (Å²) >= 11 is 0. The highest BCUT2D eigenvalue weighted by atomic mass is 16.3. The zero-order chi connectivity index (χ0) is 12.8. The highest BCUT2D eigenvalue weighted by molar-refractivity contribution is 5.77. The lowest BCUT2D eigenvalue weighted by molar-refractivity contribution is 0.138. The molecular formula is C16H20N2O. The van der Waals surface area contributed by atoms with Crippen molar-refractivity contribution in [3.8, 4) is 0 Å². The number of furan rings is 1. The second-order valence-electron chi connectivity index (χ2n) is 5.97. The molecule has 0 amide bonds. The van der Waals surface area contributed by atoms with Gasteiger partial charge in [-0.05, 0) is 37.3 Å². The van der Waals surface area contributed by atoms with E-state index >= 15 is 0 Å². The molecule has 2 N–H and O–H groups in total. The van der Waals surface area contributed by atoms with Crippen LogP contribution in [0.3, 0.4) is 0 Å². The summed E-state index contributed by atoms with van der Waals surface area (Å²) in [6.07, 6.45) is 4.09. The van der Waals surface area contributed by atoms with Crippen LogP contribution in [0.15, 0.2) is 34.7 Å². The molecule has 0 spiro atoms. The number of nitrogens with two attached hydrogens (primary N) is 1. The number of fused-ring (bicyclic) bond motifs is 3. The van der Waals surface area contributed by atoms with E-state index in [1.165, 1.54) is 31.2 Å². The summed E-state index contributed by atoms with van der Waals surface area (Å²) in [5.41, 5.74) is 7.01. The zero-order valence-electron chi connectivity index (χ0n) is 11.1. The van der Waals surface area contributed by atoms with Crippen molar-refractivity contribution in [3.05, 3.63) is 36.1 Å². The molecule has 1 aliphatic heterocycles. The summed E-state index contributed by atoms with van der Waals surface area (Å²) in [6.45, 7) is 1.84. The van der Waals surface area contributed by atoms with Gasteiger partial charge in [0, 0.05) is 24.5 Å². The Labute approximate surface area is 113 Å². The molecule has 1 saturated heterocycles. The molecule has 2 aliphatic rings. The van der Waals surface area contributed by atoms with Crippen LogP contribution in [-0.4, -0.2) is 24.0 Å². The molecule has 2 fully saturated rings. The number of para-hydroxylation sites is 1. The number of piperidine rings is 1. The molecule has 1 saturated carbocycles. The van der Waals surface area contributed by atoms with Crippen molar-refractivity contribution in [2.45, 2.75) is 31.3 Å². The third-order valence-electron chi connectivity index (χ3n) is 4.85. The molecule has 1 aromatic heterocycles. The second kappa shape index (κ2) is 4.36. The van der Waals surface area contributed by atoms with E-state index in [1.54, 1.807) is 0 Å². The summed E-state index contributed by atoms with van der Waals surface area (Å²) in [6, 6.07) is 11.4. The van der Waals surface area contributed by atoms with Crippen LogP contribution >= 0.6 is 0 Å². The predicted octanol–water partition coefficient (Wildman–Crippen LogP) is 2.92. The smallest absolute Gasteiger partial charge is 0.134 e. The van der Waals surface area contributed by atoms with Crippen LogP contribution in [0.1, 0.15) is 31.1 Å². The lowest BCUT2D eigenvalue weighted by atomic mass is 10.1. The lowest BCUT2D eigenvalue weighted by Crippen LogP contribution is -2.39. The predicted molar refractivity (Wildman–Crippen MR) is 75.8 cm³/mol. The summed E-state index contributed by atoms with van der Waals surface area (Å²) in [7, 11) is 0. The molecular weight excluding hydrogens is 236 g/mol. The Morgan fingerprint density at radius 2 is 2.21 bits per heavy atom. The van der Waals surface area contributed by atoms with Crippen molar-refractivity contribution in [2.75, 3.05) is 13.1 Å². The molecule has 1 aliphatic carbocycles. The fraction of sp³-hybridized carbons (Fsp3) is 0.500. The minimum Gasteiger partial charge on any atom is -0.459 e. The normalized spacial score (nSPS) is 28.3. The van der Waals surface area contributed by atoms with Crippen LogP contribution in [0.4, 0.5) is 0 Å². The van der Waals surface area contributed by atoms with E-state index in [9.17, 15) is 0 Å². The Morgan fingerprint density at radius 1 is 1.32 bits per heavy atom. The maximum absolute atomic E-state index is 6.04. The van der Waals surface area contributed by atoms with Crippen molar-refractivity contribution in [1.29, 1.82) is 0 Å². The second-order valence-corrected chi connectivity index (χ2v) is 5.97. The standard InChI is InChI=1S/C16H20N2O/c17-9-14(18-10-11-5-6-13(18)7-11)16-8-12-3-1-2-4-15(12)19-16/h1-4,8,11,13-14H,5-7,9-10,17H2. The fourth-order valence-electron chi connectivity index (χ4n) is 3.93. The van der Waals surface area contributed by atoms with Gasteiger partial charge in [0.25, 0.3) is 0 Å². The van der Waals surface area contributed by atoms with Gasteiger partial charge in [-0.25, -0.2) is 0 Å². The maximum atomic E-state index is 6.04. The van der Waals surface area contributed by atoms with E-state index in [0.29, 0.717) is 6.54 Å². The van der Waals surface area contributed by atoms with Crippen LogP contribution in [-0.2, 0) is 0 Å². The van der Waals surface area contributed by atoms with Crippen LogP contribution in [0.5, 0.6) is 0 Å². The Balaban J connectivity index is 1.68. The monoisotopic (exact) mass is 256 g/mol. The molecule has 2 bridgehead atoms. The van der Waals surface area contributed by atoms with E-state index in [4.69, 9.17) is 10.2 Å². The van der Waals surface area contributed by atoms with E-state index < -0.39 is 0 Å². The van der Waals surface area contributed by atoms with Crippen molar-refractivity contribution in [3.63, 3.8) is 0 Å². The molecule has 2 heterocycles. The first kappa shape index (κ1) is 11.5. The van der Waals surface area contributed by atoms with Crippen molar-refractivity contribution in [1.82, 2.24) is 4.90 Å². The largest absolute Gasteiger partial charge is 0.459 e. The third-order valence-corrected chi connectivity index (χ3v) is 4.85. The Kier molecular flexibility index (Phi) is 2.64. The fourth-order valence-corrected chi connectivity index (χ4v) is 3.93. The van der Waals surface area contributed by atoms with E-state index in [1.807, 2.05) is 12.1 Å². The maximum Gasteiger partial charge on any atom is 0.134 e. The topological polar surface area (TPSA) is 42.4 Å². The van der Waals surface area contributed by atoms with Gasteiger partial charge in [-0.3, -0.25) is 4.90 Å². The van der Waals surface area contributed by atoms with Gasteiger partial charge in [0.05, 0.1) is 6.04 Å². The molecule has 2 aromatic rings. The number of rotatable bonds is 3. The van der Waals surface area contributed by atoms with E-state index in [-0.39, 0.29) is 6.04 Å². The molecule has 1 aromatic carbocycles. The summed E-state index contributed by atoms with van der Waals surface area (Å²) in [5, 5.41) is 1.18. The van der Waals surface area contributed by atoms with Crippen LogP contribution in [0.25, 0.3) is 11.0 Å². The van der Waals surface area contributed by atoms with Gasteiger partial charge < -0.3 is 10.2 Å². The van der Waals surface area contributed by atoms with Crippen LogP contribution in [0, 0.1) is 5.92 Å². The first-order valence-corrected chi connectivity index (χ1v) is 7.29. The zero-order valence-corrected chi connectivity index (χ0v) is 11.1. The van der Waals surface area contributed by atoms with Gasteiger partial charge in [0.1, 0.15) is 11.3 Å². The van der Waals surface area contributed by atoms with Gasteiger partial charge in [-0.2, -0.15) is 0 Å². The molecule has 0 radical (unpaired) electrons. The lowest BCUT2D eigenvalue weighted by Gasteiger charge is -2.32. The third kappa shape index (κ3) is 1.80. The molecule has 3 unspecified atom stereocenters. The summed E-state index contributed by atoms with van der Waals surface area (Å²) in [5.74, 6) is 1.93. The minimum atomic E-state index is 0.252. The van der Waals surface area contributed by atoms with Gasteiger partial charge in [-0.15, -0.1) is 0 Å². The highest BCUT2D eigenvalue weighted by Gasteiger charge is 2.41. The molecule has 3 heteroatoms. The molecule has 3 nitrogen and oxygen atoms in total. The Bertz CT molecular complexity index is 558. The van der Waals surface area contributed by atoms with Crippen molar-refractivity contribution < 1.29 is 4.42 Å². The SMILES string of the molecule is NCC(c1cc2ccccc2o1)N1CC2CCC1C2. The van der Waals surface area contributed by atoms with Crippen molar-refractivity contribution in [2.24, 2.45) is 11.7 Å². The number of benzene rings is 1. The number of hydrogen-bond acceptors (Lipinski definition) is 3. The van der Waals surface area contributed by atoms with Gasteiger partial charge in [0.2, 0.25) is 0 Å². The van der Waals surface area contributed by atoms with Crippen LogP contribution < -0.4 is 5.73 Å². The molecule has 100 valence electrons. The quantitative estimate of drug-likeness (QED) is 0.918. The van der Waals surface area contributed by atoms with Crippen molar-refractivity contribution >= 4 is 11.0 Å². The number of likely N-dealkylation sites (tertiary alicyclic amines) is 1. The van der Waals surface area contributed by atoms with Gasteiger partial charge in [-0.1, -0.05) is 18.2 Å². The Hall–Kier alpha value is -1.32. The van der Waals surface area contributed by atoms with E-state index in [0.717, 1.165) is 23.3 Å². The number of nitrogens with zero attached hydrogens (tertiary/aromatic N) is 1. The first-order chi connectivity index (χ1) is 9.35. The molecule has 4 rings (SSSR count). The molecule has 3 atom stereocenters. The average Bonchev–Trinajstić information content (AvgIpc) is 3.13. The summed E-state index contributed by atoms with van der Waals surface area (Å²) < 4.78 is 6.02. The number of hydrogen-bond donors (Lipinski definition) is 1.